The highest BCUT2D eigenvalue weighted by Crippen LogP contribution is 2.60. The highest BCUT2D eigenvalue weighted by Gasteiger charge is 2.57. The smallest absolute Gasteiger partial charge is 0.251 e. The highest BCUT2D eigenvalue weighted by molar-refractivity contribution is 7.91. The minimum atomic E-state index is -3.04. The van der Waals surface area contributed by atoms with Gasteiger partial charge in [0.25, 0.3) is 5.91 Å². The number of aromatic amines is 1. The lowest BCUT2D eigenvalue weighted by molar-refractivity contribution is 0.0843. The van der Waals surface area contributed by atoms with Crippen LogP contribution >= 0.6 is 0 Å². The standard InChI is InChI=1S/C21H24N2O4S/c1-20(2)11-21(6-7-21)18(24)17-16(20)14-9-12(3-4-15(14)23-17)19(25)22-13-5-8-28(26,27)10-13/h3-4,9,13,23H,5-8,10-11H2,1-2H3,(H,22,25). The van der Waals surface area contributed by atoms with Crippen LogP contribution in [0.2, 0.25) is 0 Å². The molecular formula is C21H24N2O4S. The number of H-pyrrole nitrogens is 1. The molecule has 1 saturated heterocycles. The van der Waals surface area contributed by atoms with Gasteiger partial charge in [0.15, 0.2) is 15.6 Å². The normalized spacial score (nSPS) is 26.4. The molecular weight excluding hydrogens is 376 g/mol. The average Bonchev–Trinajstić information content (AvgIpc) is 3.12. The van der Waals surface area contributed by atoms with Crippen LogP contribution in [0.4, 0.5) is 0 Å². The van der Waals surface area contributed by atoms with E-state index in [1.165, 1.54) is 0 Å². The summed E-state index contributed by atoms with van der Waals surface area (Å²) in [4.78, 5) is 29.0. The molecule has 28 heavy (non-hydrogen) atoms. The van der Waals surface area contributed by atoms with Gasteiger partial charge in [-0.05, 0) is 54.9 Å². The first-order valence-corrected chi connectivity index (χ1v) is 11.6. The number of nitrogens with one attached hydrogen (secondary N) is 2. The molecule has 2 N–H and O–H groups in total. The van der Waals surface area contributed by atoms with E-state index >= 15 is 0 Å². The summed E-state index contributed by atoms with van der Waals surface area (Å²) in [5, 5.41) is 3.76. The molecule has 3 aliphatic rings. The van der Waals surface area contributed by atoms with Gasteiger partial charge in [-0.2, -0.15) is 0 Å². The van der Waals surface area contributed by atoms with E-state index in [2.05, 4.69) is 24.1 Å². The Balaban J connectivity index is 1.52. The molecule has 1 aliphatic heterocycles. The molecule has 1 unspecified atom stereocenters. The van der Waals surface area contributed by atoms with Crippen LogP contribution in [-0.2, 0) is 15.3 Å². The van der Waals surface area contributed by atoms with Gasteiger partial charge in [-0.3, -0.25) is 9.59 Å². The van der Waals surface area contributed by atoms with Gasteiger partial charge in [0.05, 0.1) is 17.2 Å². The first-order chi connectivity index (χ1) is 13.1. The summed E-state index contributed by atoms with van der Waals surface area (Å²) in [6.45, 7) is 4.34. The van der Waals surface area contributed by atoms with Crippen molar-refractivity contribution in [1.82, 2.24) is 10.3 Å². The van der Waals surface area contributed by atoms with E-state index in [1.54, 1.807) is 6.07 Å². The second-order valence-electron chi connectivity index (χ2n) is 9.38. The van der Waals surface area contributed by atoms with E-state index in [1.807, 2.05) is 12.1 Å². The molecule has 1 aromatic carbocycles. The fraction of sp³-hybridized carbons (Fsp3) is 0.524. The molecule has 0 radical (unpaired) electrons. The number of amides is 1. The molecule has 2 aliphatic carbocycles. The number of Topliss-reactive ketones (excluding diaryl/α,β-unsaturated/α-hetero) is 1. The number of carbonyl (C=O) groups is 2. The summed E-state index contributed by atoms with van der Waals surface area (Å²) in [5.41, 5.74) is 2.72. The van der Waals surface area contributed by atoms with Crippen LogP contribution < -0.4 is 5.32 Å². The van der Waals surface area contributed by atoms with Crippen molar-refractivity contribution in [3.05, 3.63) is 35.0 Å². The van der Waals surface area contributed by atoms with Crippen molar-refractivity contribution >= 4 is 32.4 Å². The number of rotatable bonds is 2. The van der Waals surface area contributed by atoms with Crippen molar-refractivity contribution in [2.75, 3.05) is 11.5 Å². The largest absolute Gasteiger partial charge is 0.352 e. The SMILES string of the molecule is CC1(C)CC2(CC2)C(=O)c2[nH]c3ccc(C(=O)NC4CCS(=O)(=O)C4)cc3c21. The van der Waals surface area contributed by atoms with Gasteiger partial charge in [-0.25, -0.2) is 8.42 Å². The van der Waals surface area contributed by atoms with Gasteiger partial charge in [0.1, 0.15) is 0 Å². The first-order valence-electron chi connectivity index (χ1n) is 9.83. The lowest BCUT2D eigenvalue weighted by Gasteiger charge is -2.35. The summed E-state index contributed by atoms with van der Waals surface area (Å²) in [6, 6.07) is 5.08. The maximum absolute atomic E-state index is 13.0. The number of fused-ring (bicyclic) bond motifs is 3. The zero-order valence-electron chi connectivity index (χ0n) is 16.1. The molecule has 1 amide bonds. The second-order valence-corrected chi connectivity index (χ2v) is 11.6. The van der Waals surface area contributed by atoms with Crippen molar-refractivity contribution < 1.29 is 18.0 Å². The molecule has 2 aromatic rings. The van der Waals surface area contributed by atoms with Crippen molar-refractivity contribution in [2.45, 2.75) is 51.0 Å². The van der Waals surface area contributed by atoms with Gasteiger partial charge in [0, 0.05) is 27.9 Å². The molecule has 7 heteroatoms. The maximum Gasteiger partial charge on any atom is 0.251 e. The third-order valence-corrected chi connectivity index (χ3v) is 8.42. The Kier molecular flexibility index (Phi) is 3.50. The predicted molar refractivity (Wildman–Crippen MR) is 106 cm³/mol. The van der Waals surface area contributed by atoms with Gasteiger partial charge < -0.3 is 10.3 Å². The van der Waals surface area contributed by atoms with E-state index in [-0.39, 0.29) is 40.1 Å². The Morgan fingerprint density at radius 1 is 1.25 bits per heavy atom. The minimum absolute atomic E-state index is 0.00412. The van der Waals surface area contributed by atoms with Crippen molar-refractivity contribution in [2.24, 2.45) is 5.41 Å². The van der Waals surface area contributed by atoms with Crippen molar-refractivity contribution in [1.29, 1.82) is 0 Å². The number of ketones is 1. The number of hydrogen-bond acceptors (Lipinski definition) is 4. The summed E-state index contributed by atoms with van der Waals surface area (Å²) in [7, 11) is -3.04. The molecule has 2 heterocycles. The van der Waals surface area contributed by atoms with Crippen LogP contribution in [0.1, 0.15) is 65.9 Å². The number of hydrogen-bond donors (Lipinski definition) is 2. The molecule has 1 atom stereocenters. The monoisotopic (exact) mass is 400 g/mol. The highest BCUT2D eigenvalue weighted by atomic mass is 32.2. The van der Waals surface area contributed by atoms with Gasteiger partial charge >= 0.3 is 0 Å². The molecule has 1 aromatic heterocycles. The number of benzene rings is 1. The Hall–Kier alpha value is -2.15. The molecule has 0 bridgehead atoms. The average molecular weight is 401 g/mol. The van der Waals surface area contributed by atoms with Gasteiger partial charge in [-0.1, -0.05) is 13.8 Å². The first kappa shape index (κ1) is 17.9. The van der Waals surface area contributed by atoms with E-state index in [9.17, 15) is 18.0 Å². The third-order valence-electron chi connectivity index (χ3n) is 6.65. The Morgan fingerprint density at radius 3 is 2.64 bits per heavy atom. The maximum atomic E-state index is 13.0. The molecule has 148 valence electrons. The van der Waals surface area contributed by atoms with Crippen LogP contribution in [0.3, 0.4) is 0 Å². The van der Waals surface area contributed by atoms with Crippen molar-refractivity contribution in [3.8, 4) is 0 Å². The quantitative estimate of drug-likeness (QED) is 0.810. The fourth-order valence-corrected chi connectivity index (χ4v) is 6.89. The predicted octanol–water partition coefficient (Wildman–Crippen LogP) is 2.73. The van der Waals surface area contributed by atoms with Crippen LogP contribution in [0, 0.1) is 5.41 Å². The summed E-state index contributed by atoms with van der Waals surface area (Å²) in [6.07, 6.45) is 3.22. The summed E-state index contributed by atoms with van der Waals surface area (Å²) in [5.74, 6) is 0.0718. The molecule has 1 spiro atoms. The lowest BCUT2D eigenvalue weighted by atomic mass is 9.67. The molecule has 6 nitrogen and oxygen atoms in total. The molecule has 1 saturated carbocycles. The van der Waals surface area contributed by atoms with Crippen LogP contribution in [0.5, 0.6) is 0 Å². The molecule has 2 fully saturated rings. The van der Waals surface area contributed by atoms with Crippen LogP contribution in [0.25, 0.3) is 10.9 Å². The topological polar surface area (TPSA) is 96.1 Å². The Labute approximate surface area is 164 Å². The van der Waals surface area contributed by atoms with E-state index in [0.717, 1.165) is 35.7 Å². The molecule has 5 rings (SSSR count). The number of aromatic nitrogens is 1. The van der Waals surface area contributed by atoms with E-state index in [4.69, 9.17) is 0 Å². The zero-order chi connectivity index (χ0) is 19.9. The fourth-order valence-electron chi connectivity index (χ4n) is 5.22. The lowest BCUT2D eigenvalue weighted by Crippen LogP contribution is -2.36. The minimum Gasteiger partial charge on any atom is -0.352 e. The Morgan fingerprint density at radius 2 is 2.00 bits per heavy atom. The van der Waals surface area contributed by atoms with Crippen LogP contribution in [-0.4, -0.2) is 42.6 Å². The summed E-state index contributed by atoms with van der Waals surface area (Å²) < 4.78 is 23.3. The van der Waals surface area contributed by atoms with Crippen molar-refractivity contribution in [3.63, 3.8) is 0 Å². The second kappa shape index (κ2) is 5.47. The summed E-state index contributed by atoms with van der Waals surface area (Å²) >= 11 is 0. The van der Waals surface area contributed by atoms with E-state index in [0.29, 0.717) is 17.7 Å². The third kappa shape index (κ3) is 2.63. The van der Waals surface area contributed by atoms with Gasteiger partial charge in [0.2, 0.25) is 0 Å². The number of carbonyl (C=O) groups excluding carboxylic acids is 2. The zero-order valence-corrected chi connectivity index (χ0v) is 16.9. The van der Waals surface area contributed by atoms with Crippen LogP contribution in [0.15, 0.2) is 18.2 Å². The van der Waals surface area contributed by atoms with E-state index < -0.39 is 9.84 Å². The Bertz CT molecular complexity index is 1140. The number of sulfone groups is 1. The van der Waals surface area contributed by atoms with Gasteiger partial charge in [-0.15, -0.1) is 0 Å².